The number of rotatable bonds is 4. The predicted octanol–water partition coefficient (Wildman–Crippen LogP) is 4.27. The summed E-state index contributed by atoms with van der Waals surface area (Å²) in [6.45, 7) is 4.23. The molecule has 0 bridgehead atoms. The van der Waals surface area contributed by atoms with Gasteiger partial charge in [-0.25, -0.2) is 9.97 Å². The molecule has 4 aromatic heterocycles. The Hall–Kier alpha value is -2.60. The van der Waals surface area contributed by atoms with Crippen LogP contribution in [0.1, 0.15) is 13.8 Å². The first-order valence-corrected chi connectivity index (χ1v) is 8.35. The van der Waals surface area contributed by atoms with Crippen molar-refractivity contribution in [1.82, 2.24) is 19.4 Å². The van der Waals surface area contributed by atoms with Crippen LogP contribution in [0.3, 0.4) is 0 Å². The van der Waals surface area contributed by atoms with Crippen LogP contribution in [0.5, 0.6) is 0 Å². The zero-order valence-corrected chi connectivity index (χ0v) is 13.8. The van der Waals surface area contributed by atoms with Gasteiger partial charge in [0.15, 0.2) is 5.13 Å². The van der Waals surface area contributed by atoms with Gasteiger partial charge in [-0.15, -0.1) is 0 Å². The standard InChI is InChI=1S/C17H17N5S/c1-11(2)21-17-20-9-15(23-17)12-8-13(14-4-3-5-18-14)16-19-6-7-22(16)10-12/h3-11,18H,1-2H3,(H,20,21). The van der Waals surface area contributed by atoms with Gasteiger partial charge < -0.3 is 14.7 Å². The van der Waals surface area contributed by atoms with E-state index in [1.807, 2.05) is 30.9 Å². The molecule has 5 nitrogen and oxygen atoms in total. The highest BCUT2D eigenvalue weighted by Gasteiger charge is 2.12. The number of H-pyrrole nitrogens is 1. The number of nitrogens with zero attached hydrogens (tertiary/aromatic N) is 3. The lowest BCUT2D eigenvalue weighted by Gasteiger charge is -2.06. The maximum atomic E-state index is 4.47. The van der Waals surface area contributed by atoms with Gasteiger partial charge in [0.1, 0.15) is 5.65 Å². The third-order valence-electron chi connectivity index (χ3n) is 3.58. The molecule has 0 aliphatic rings. The van der Waals surface area contributed by atoms with E-state index in [1.165, 1.54) is 0 Å². The van der Waals surface area contributed by atoms with Gasteiger partial charge >= 0.3 is 0 Å². The minimum absolute atomic E-state index is 0.375. The summed E-state index contributed by atoms with van der Waals surface area (Å²) in [6.07, 6.45) is 9.75. The normalized spacial score (nSPS) is 11.4. The molecule has 0 radical (unpaired) electrons. The van der Waals surface area contributed by atoms with Gasteiger partial charge in [0.2, 0.25) is 0 Å². The Morgan fingerprint density at radius 2 is 2.22 bits per heavy atom. The maximum Gasteiger partial charge on any atom is 0.183 e. The average molecular weight is 323 g/mol. The van der Waals surface area contributed by atoms with Crippen molar-refractivity contribution in [2.75, 3.05) is 5.32 Å². The van der Waals surface area contributed by atoms with Crippen LogP contribution in [0, 0.1) is 0 Å². The fraction of sp³-hybridized carbons (Fsp3) is 0.176. The average Bonchev–Trinajstić information content (AvgIpc) is 3.26. The van der Waals surface area contributed by atoms with Gasteiger partial charge in [-0.1, -0.05) is 11.3 Å². The molecule has 4 aromatic rings. The molecular formula is C17H17N5S. The summed E-state index contributed by atoms with van der Waals surface area (Å²) in [5.41, 5.74) is 4.23. The quantitative estimate of drug-likeness (QED) is 0.589. The van der Waals surface area contributed by atoms with Crippen LogP contribution in [-0.4, -0.2) is 25.4 Å². The van der Waals surface area contributed by atoms with Crippen molar-refractivity contribution in [2.45, 2.75) is 19.9 Å². The van der Waals surface area contributed by atoms with Gasteiger partial charge in [-0.2, -0.15) is 0 Å². The molecule has 0 amide bonds. The van der Waals surface area contributed by atoms with E-state index >= 15 is 0 Å². The molecule has 0 unspecified atom stereocenters. The molecule has 4 rings (SSSR count). The molecule has 0 saturated carbocycles. The molecule has 0 saturated heterocycles. The lowest BCUT2D eigenvalue weighted by atomic mass is 10.1. The number of fused-ring (bicyclic) bond motifs is 1. The van der Waals surface area contributed by atoms with Crippen molar-refractivity contribution in [1.29, 1.82) is 0 Å². The molecule has 0 fully saturated rings. The van der Waals surface area contributed by atoms with Crippen LogP contribution in [0.15, 0.2) is 49.2 Å². The van der Waals surface area contributed by atoms with Crippen molar-refractivity contribution in [2.24, 2.45) is 0 Å². The van der Waals surface area contributed by atoms with E-state index in [1.54, 1.807) is 11.3 Å². The third kappa shape index (κ3) is 2.61. The Morgan fingerprint density at radius 3 is 3.00 bits per heavy atom. The molecule has 4 heterocycles. The first-order valence-electron chi connectivity index (χ1n) is 7.54. The van der Waals surface area contributed by atoms with Crippen LogP contribution in [0.25, 0.3) is 27.3 Å². The molecule has 0 atom stereocenters. The summed E-state index contributed by atoms with van der Waals surface area (Å²) in [4.78, 5) is 13.3. The minimum Gasteiger partial charge on any atom is -0.361 e. The molecule has 2 N–H and O–H groups in total. The van der Waals surface area contributed by atoms with E-state index in [9.17, 15) is 0 Å². The second-order valence-corrected chi connectivity index (χ2v) is 6.74. The molecule has 23 heavy (non-hydrogen) atoms. The molecule has 0 aliphatic carbocycles. The first kappa shape index (κ1) is 14.0. The number of hydrogen-bond acceptors (Lipinski definition) is 4. The summed E-state index contributed by atoms with van der Waals surface area (Å²) in [5.74, 6) is 0. The number of aromatic amines is 1. The minimum atomic E-state index is 0.375. The van der Waals surface area contributed by atoms with E-state index < -0.39 is 0 Å². The largest absolute Gasteiger partial charge is 0.361 e. The SMILES string of the molecule is CC(C)Nc1ncc(-c2cc(-c3ccc[nH]3)c3nccn3c2)s1. The number of pyridine rings is 1. The number of thiazole rings is 1. The zero-order chi connectivity index (χ0) is 15.8. The molecule has 0 aliphatic heterocycles. The highest BCUT2D eigenvalue weighted by Crippen LogP contribution is 2.33. The van der Waals surface area contributed by atoms with E-state index in [0.29, 0.717) is 6.04 Å². The Morgan fingerprint density at radius 1 is 1.30 bits per heavy atom. The second kappa shape index (κ2) is 5.55. The molecular weight excluding hydrogens is 306 g/mol. The van der Waals surface area contributed by atoms with Crippen molar-refractivity contribution >= 4 is 22.1 Å². The Balaban J connectivity index is 1.83. The second-order valence-electron chi connectivity index (χ2n) is 5.71. The van der Waals surface area contributed by atoms with E-state index in [-0.39, 0.29) is 0 Å². The van der Waals surface area contributed by atoms with Gasteiger partial charge in [-0.3, -0.25) is 0 Å². The van der Waals surface area contributed by atoms with Crippen molar-refractivity contribution in [3.8, 4) is 21.7 Å². The van der Waals surface area contributed by atoms with Gasteiger partial charge in [0, 0.05) is 53.8 Å². The van der Waals surface area contributed by atoms with Gasteiger partial charge in [0.25, 0.3) is 0 Å². The molecule has 0 spiro atoms. The smallest absolute Gasteiger partial charge is 0.183 e. The summed E-state index contributed by atoms with van der Waals surface area (Å²) in [6, 6.07) is 6.60. The maximum absolute atomic E-state index is 4.47. The van der Waals surface area contributed by atoms with Gasteiger partial charge in [-0.05, 0) is 32.0 Å². The Bertz CT molecular complexity index is 933. The van der Waals surface area contributed by atoms with Crippen LogP contribution < -0.4 is 5.32 Å². The van der Waals surface area contributed by atoms with Crippen molar-refractivity contribution in [3.05, 3.63) is 49.2 Å². The summed E-state index contributed by atoms with van der Waals surface area (Å²) in [5, 5.41) is 4.30. The molecule has 0 aromatic carbocycles. The van der Waals surface area contributed by atoms with E-state index in [4.69, 9.17) is 0 Å². The number of hydrogen-bond donors (Lipinski definition) is 2. The monoisotopic (exact) mass is 323 g/mol. The van der Waals surface area contributed by atoms with E-state index in [2.05, 4.69) is 56.8 Å². The number of anilines is 1. The van der Waals surface area contributed by atoms with Crippen molar-refractivity contribution < 1.29 is 0 Å². The lowest BCUT2D eigenvalue weighted by Crippen LogP contribution is -2.08. The third-order valence-corrected chi connectivity index (χ3v) is 4.56. The highest BCUT2D eigenvalue weighted by molar-refractivity contribution is 7.18. The van der Waals surface area contributed by atoms with E-state index in [0.717, 1.165) is 32.5 Å². The first-order chi connectivity index (χ1) is 11.2. The Labute approximate surface area is 138 Å². The summed E-state index contributed by atoms with van der Waals surface area (Å²) in [7, 11) is 0. The van der Waals surface area contributed by atoms with Crippen LogP contribution in [0.2, 0.25) is 0 Å². The van der Waals surface area contributed by atoms with Crippen LogP contribution in [-0.2, 0) is 0 Å². The number of nitrogens with one attached hydrogen (secondary N) is 2. The van der Waals surface area contributed by atoms with Gasteiger partial charge in [0.05, 0.1) is 4.88 Å². The number of aromatic nitrogens is 4. The van der Waals surface area contributed by atoms with Crippen LogP contribution >= 0.6 is 11.3 Å². The summed E-state index contributed by atoms with van der Waals surface area (Å²) < 4.78 is 2.06. The molecule has 116 valence electrons. The predicted molar refractivity (Wildman–Crippen MR) is 94.8 cm³/mol. The zero-order valence-electron chi connectivity index (χ0n) is 12.9. The van der Waals surface area contributed by atoms with Crippen LogP contribution in [0.4, 0.5) is 5.13 Å². The number of imidazole rings is 1. The lowest BCUT2D eigenvalue weighted by molar-refractivity contribution is 0.896. The topological polar surface area (TPSA) is 58.0 Å². The highest BCUT2D eigenvalue weighted by atomic mass is 32.1. The Kier molecular flexibility index (Phi) is 3.38. The fourth-order valence-corrected chi connectivity index (χ4v) is 3.53. The molecule has 6 heteroatoms. The van der Waals surface area contributed by atoms with Crippen molar-refractivity contribution in [3.63, 3.8) is 0 Å². The fourth-order valence-electron chi connectivity index (χ4n) is 2.59. The summed E-state index contributed by atoms with van der Waals surface area (Å²) >= 11 is 1.67.